The second-order valence-corrected chi connectivity index (χ2v) is 5.43. The molecule has 0 aliphatic carbocycles. The van der Waals surface area contributed by atoms with Gasteiger partial charge >= 0.3 is 0 Å². The van der Waals surface area contributed by atoms with Gasteiger partial charge in [-0.15, -0.1) is 0 Å². The standard InChI is InChI=1S/C16H21N3O5/c1-2-15(20)16(21)18(8-7-17-9-11-24-12-10-17)13-5-3-4-6-14(13)19(22)23/h3-6H,2,7-12H2,1H3. The smallest absolute Gasteiger partial charge is 0.294 e. The predicted molar refractivity (Wildman–Crippen MR) is 88.0 cm³/mol. The number of nitrogens with zero attached hydrogens (tertiary/aromatic N) is 3. The molecule has 1 fully saturated rings. The van der Waals surface area contributed by atoms with Crippen LogP contribution in [0.2, 0.25) is 0 Å². The molecule has 1 aliphatic heterocycles. The summed E-state index contributed by atoms with van der Waals surface area (Å²) < 4.78 is 5.28. The van der Waals surface area contributed by atoms with E-state index >= 15 is 0 Å². The lowest BCUT2D eigenvalue weighted by molar-refractivity contribution is -0.384. The van der Waals surface area contributed by atoms with Gasteiger partial charge < -0.3 is 4.74 Å². The fourth-order valence-corrected chi connectivity index (χ4v) is 2.55. The molecule has 24 heavy (non-hydrogen) atoms. The Kier molecular flexibility index (Phi) is 6.39. The van der Waals surface area contributed by atoms with E-state index in [1.165, 1.54) is 23.1 Å². The van der Waals surface area contributed by atoms with Crippen LogP contribution in [0.25, 0.3) is 0 Å². The van der Waals surface area contributed by atoms with Crippen LogP contribution in [0.5, 0.6) is 0 Å². The topological polar surface area (TPSA) is 93.0 Å². The van der Waals surface area contributed by atoms with Gasteiger partial charge in [0.15, 0.2) is 0 Å². The molecule has 0 N–H and O–H groups in total. The highest BCUT2D eigenvalue weighted by Crippen LogP contribution is 2.28. The van der Waals surface area contributed by atoms with Crippen molar-refractivity contribution in [3.8, 4) is 0 Å². The number of amides is 1. The van der Waals surface area contributed by atoms with Crippen molar-refractivity contribution in [3.63, 3.8) is 0 Å². The second kappa shape index (κ2) is 8.51. The highest BCUT2D eigenvalue weighted by atomic mass is 16.6. The lowest BCUT2D eigenvalue weighted by atomic mass is 10.2. The van der Waals surface area contributed by atoms with Crippen LogP contribution in [0.15, 0.2) is 24.3 Å². The summed E-state index contributed by atoms with van der Waals surface area (Å²) >= 11 is 0. The predicted octanol–water partition coefficient (Wildman–Crippen LogP) is 1.24. The van der Waals surface area contributed by atoms with E-state index in [1.54, 1.807) is 13.0 Å². The molecule has 1 saturated heterocycles. The summed E-state index contributed by atoms with van der Waals surface area (Å²) in [5.41, 5.74) is -0.0284. The number of morpholine rings is 1. The van der Waals surface area contributed by atoms with Crippen LogP contribution in [0, 0.1) is 10.1 Å². The van der Waals surface area contributed by atoms with Crippen molar-refractivity contribution in [3.05, 3.63) is 34.4 Å². The van der Waals surface area contributed by atoms with Crippen LogP contribution in [0.1, 0.15) is 13.3 Å². The Morgan fingerprint density at radius 3 is 2.58 bits per heavy atom. The third-order valence-electron chi connectivity index (χ3n) is 3.92. The molecule has 8 heteroatoms. The highest BCUT2D eigenvalue weighted by Gasteiger charge is 2.28. The molecule has 0 aromatic heterocycles. The zero-order valence-electron chi connectivity index (χ0n) is 13.6. The molecular weight excluding hydrogens is 314 g/mol. The fourth-order valence-electron chi connectivity index (χ4n) is 2.55. The molecule has 0 bridgehead atoms. The Morgan fingerprint density at radius 2 is 1.96 bits per heavy atom. The molecule has 1 aliphatic rings. The molecule has 1 aromatic carbocycles. The Hall–Kier alpha value is -2.32. The first-order valence-electron chi connectivity index (χ1n) is 7.92. The summed E-state index contributed by atoms with van der Waals surface area (Å²) in [5, 5.41) is 11.2. The minimum atomic E-state index is -0.708. The minimum Gasteiger partial charge on any atom is -0.379 e. The molecule has 0 atom stereocenters. The van der Waals surface area contributed by atoms with Gasteiger partial charge in [0.1, 0.15) is 5.69 Å². The van der Waals surface area contributed by atoms with E-state index in [1.807, 2.05) is 0 Å². The van der Waals surface area contributed by atoms with Crippen molar-refractivity contribution in [1.82, 2.24) is 4.90 Å². The van der Waals surface area contributed by atoms with Crippen LogP contribution in [0.4, 0.5) is 11.4 Å². The molecular formula is C16H21N3O5. The summed E-state index contributed by atoms with van der Waals surface area (Å²) in [4.78, 5) is 38.3. The third kappa shape index (κ3) is 4.36. The number of benzene rings is 1. The number of carbonyl (C=O) groups is 2. The first-order chi connectivity index (χ1) is 11.5. The molecule has 0 unspecified atom stereocenters. The van der Waals surface area contributed by atoms with Crippen molar-refractivity contribution in [2.45, 2.75) is 13.3 Å². The summed E-state index contributed by atoms with van der Waals surface area (Å²) in [7, 11) is 0. The van der Waals surface area contributed by atoms with E-state index in [-0.39, 0.29) is 24.3 Å². The van der Waals surface area contributed by atoms with Crippen LogP contribution in [-0.4, -0.2) is 60.9 Å². The van der Waals surface area contributed by atoms with Gasteiger partial charge in [0.2, 0.25) is 5.78 Å². The van der Waals surface area contributed by atoms with Crippen molar-refractivity contribution >= 4 is 23.1 Å². The molecule has 8 nitrogen and oxygen atoms in total. The van der Waals surface area contributed by atoms with E-state index < -0.39 is 16.6 Å². The average Bonchev–Trinajstić information content (AvgIpc) is 2.62. The van der Waals surface area contributed by atoms with Gasteiger partial charge in [-0.3, -0.25) is 29.5 Å². The van der Waals surface area contributed by atoms with E-state index in [0.717, 1.165) is 13.1 Å². The van der Waals surface area contributed by atoms with Gasteiger partial charge in [-0.1, -0.05) is 19.1 Å². The van der Waals surface area contributed by atoms with Crippen LogP contribution >= 0.6 is 0 Å². The number of hydrogen-bond donors (Lipinski definition) is 0. The molecule has 0 saturated carbocycles. The highest BCUT2D eigenvalue weighted by molar-refractivity contribution is 6.41. The van der Waals surface area contributed by atoms with Gasteiger partial charge in [-0.2, -0.15) is 0 Å². The Labute approximate surface area is 140 Å². The Bertz CT molecular complexity index is 613. The number of ketones is 1. The lowest BCUT2D eigenvalue weighted by Crippen LogP contribution is -2.45. The van der Waals surface area contributed by atoms with E-state index in [9.17, 15) is 19.7 Å². The summed E-state index contributed by atoms with van der Waals surface area (Å²) in [6, 6.07) is 5.99. The molecule has 1 heterocycles. The van der Waals surface area contributed by atoms with Crippen LogP contribution in [-0.2, 0) is 14.3 Å². The fraction of sp³-hybridized carbons (Fsp3) is 0.500. The van der Waals surface area contributed by atoms with Crippen LogP contribution in [0.3, 0.4) is 0 Å². The van der Waals surface area contributed by atoms with Gasteiger partial charge in [0.25, 0.3) is 11.6 Å². The number of rotatable bonds is 7. The minimum absolute atomic E-state index is 0.0630. The summed E-state index contributed by atoms with van der Waals surface area (Å²) in [5.74, 6) is -1.27. The van der Waals surface area contributed by atoms with Gasteiger partial charge in [-0.05, 0) is 6.07 Å². The maximum absolute atomic E-state index is 12.4. The summed E-state index contributed by atoms with van der Waals surface area (Å²) in [6.07, 6.45) is 0.0630. The first-order valence-corrected chi connectivity index (χ1v) is 7.92. The molecule has 1 aromatic rings. The number of carbonyl (C=O) groups excluding carboxylic acids is 2. The Balaban J connectivity index is 2.24. The molecule has 0 spiro atoms. The maximum Gasteiger partial charge on any atom is 0.294 e. The van der Waals surface area contributed by atoms with E-state index in [4.69, 9.17) is 4.74 Å². The maximum atomic E-state index is 12.4. The molecule has 0 radical (unpaired) electrons. The molecule has 2 rings (SSSR count). The monoisotopic (exact) mass is 335 g/mol. The number of Topliss-reactive ketones (excluding diaryl/α,β-unsaturated/α-hetero) is 1. The lowest BCUT2D eigenvalue weighted by Gasteiger charge is -2.29. The SMILES string of the molecule is CCC(=O)C(=O)N(CCN1CCOCC1)c1ccccc1[N+](=O)[O-]. The zero-order chi connectivity index (χ0) is 17.5. The van der Waals surface area contributed by atoms with E-state index in [2.05, 4.69) is 4.90 Å². The number of anilines is 1. The second-order valence-electron chi connectivity index (χ2n) is 5.43. The Morgan fingerprint density at radius 1 is 1.29 bits per heavy atom. The van der Waals surface area contributed by atoms with Crippen molar-refractivity contribution in [2.24, 2.45) is 0 Å². The van der Waals surface area contributed by atoms with Crippen molar-refractivity contribution in [1.29, 1.82) is 0 Å². The number of hydrogen-bond acceptors (Lipinski definition) is 6. The van der Waals surface area contributed by atoms with Crippen molar-refractivity contribution in [2.75, 3.05) is 44.3 Å². The molecule has 130 valence electrons. The normalized spacial score (nSPS) is 15.0. The quantitative estimate of drug-likeness (QED) is 0.423. The van der Waals surface area contributed by atoms with Crippen LogP contribution < -0.4 is 4.90 Å². The molecule has 1 amide bonds. The summed E-state index contributed by atoms with van der Waals surface area (Å²) in [6.45, 7) is 5.05. The van der Waals surface area contributed by atoms with Crippen molar-refractivity contribution < 1.29 is 19.2 Å². The largest absolute Gasteiger partial charge is 0.379 e. The van der Waals surface area contributed by atoms with Gasteiger partial charge in [0, 0.05) is 38.7 Å². The third-order valence-corrected chi connectivity index (χ3v) is 3.92. The average molecular weight is 335 g/mol. The number of nitro groups is 1. The zero-order valence-corrected chi connectivity index (χ0v) is 13.6. The number of nitro benzene ring substituents is 1. The number of ether oxygens (including phenoxy) is 1. The van der Waals surface area contributed by atoms with E-state index in [0.29, 0.717) is 19.8 Å². The first kappa shape index (κ1) is 18.0. The number of para-hydroxylation sites is 2. The van der Waals surface area contributed by atoms with Gasteiger partial charge in [-0.25, -0.2) is 0 Å². The van der Waals surface area contributed by atoms with Gasteiger partial charge in [0.05, 0.1) is 18.1 Å².